The highest BCUT2D eigenvalue weighted by molar-refractivity contribution is 7.89. The zero-order valence-corrected chi connectivity index (χ0v) is 18.2. The Morgan fingerprint density at radius 3 is 2.38 bits per heavy atom. The van der Waals surface area contributed by atoms with Gasteiger partial charge in [0.1, 0.15) is 0 Å². The molecule has 2 rings (SSSR count). The average Bonchev–Trinajstić information content (AvgIpc) is 2.63. The van der Waals surface area contributed by atoms with Crippen LogP contribution >= 0.6 is 11.6 Å². The summed E-state index contributed by atoms with van der Waals surface area (Å²) in [4.78, 5) is 24.3. The van der Waals surface area contributed by atoms with Gasteiger partial charge in [0, 0.05) is 23.8 Å². The average molecular weight is 438 g/mol. The van der Waals surface area contributed by atoms with Gasteiger partial charge >= 0.3 is 0 Å². The van der Waals surface area contributed by atoms with Gasteiger partial charge in [-0.25, -0.2) is 13.1 Å². The Morgan fingerprint density at radius 2 is 1.76 bits per heavy atom. The molecule has 0 unspecified atom stereocenters. The summed E-state index contributed by atoms with van der Waals surface area (Å²) in [6, 6.07) is 8.78. The second kappa shape index (κ2) is 9.39. The predicted molar refractivity (Wildman–Crippen MR) is 115 cm³/mol. The summed E-state index contributed by atoms with van der Waals surface area (Å²) < 4.78 is 27.2. The minimum Gasteiger partial charge on any atom is -0.326 e. The molecule has 2 aromatic carbocycles. The van der Waals surface area contributed by atoms with E-state index in [0.29, 0.717) is 17.8 Å². The van der Waals surface area contributed by atoms with E-state index in [1.807, 2.05) is 0 Å². The van der Waals surface area contributed by atoms with E-state index in [1.54, 1.807) is 45.9 Å². The van der Waals surface area contributed by atoms with Crippen LogP contribution in [0.15, 0.2) is 41.3 Å². The predicted octanol–water partition coefficient (Wildman–Crippen LogP) is 3.94. The number of nitrogens with one attached hydrogen (secondary N) is 3. The van der Waals surface area contributed by atoms with Gasteiger partial charge in [-0.15, -0.1) is 0 Å². The lowest BCUT2D eigenvalue weighted by Crippen LogP contribution is -2.30. The number of anilines is 2. The van der Waals surface area contributed by atoms with E-state index in [2.05, 4.69) is 15.4 Å². The van der Waals surface area contributed by atoms with Crippen LogP contribution in [0, 0.1) is 6.92 Å². The van der Waals surface area contributed by atoms with Gasteiger partial charge < -0.3 is 10.6 Å². The Balaban J connectivity index is 2.33. The molecular weight excluding hydrogens is 414 g/mol. The minimum atomic E-state index is -3.77. The van der Waals surface area contributed by atoms with Gasteiger partial charge in [0.15, 0.2) is 0 Å². The van der Waals surface area contributed by atoms with Crippen molar-refractivity contribution in [1.29, 1.82) is 0 Å². The lowest BCUT2D eigenvalue weighted by molar-refractivity contribution is -0.115. The van der Waals surface area contributed by atoms with E-state index >= 15 is 0 Å². The third-order valence-corrected chi connectivity index (χ3v) is 5.96. The monoisotopic (exact) mass is 437 g/mol. The van der Waals surface area contributed by atoms with Crippen molar-refractivity contribution >= 4 is 44.8 Å². The van der Waals surface area contributed by atoms with Crippen LogP contribution < -0.4 is 15.4 Å². The van der Waals surface area contributed by atoms with Crippen LogP contribution in [0.5, 0.6) is 0 Å². The highest BCUT2D eigenvalue weighted by Crippen LogP contribution is 2.25. The summed E-state index contributed by atoms with van der Waals surface area (Å²) >= 11 is 6.14. The van der Waals surface area contributed by atoms with E-state index in [0.717, 1.165) is 5.56 Å². The van der Waals surface area contributed by atoms with Crippen molar-refractivity contribution in [3.8, 4) is 0 Å². The van der Waals surface area contributed by atoms with Crippen molar-refractivity contribution in [3.63, 3.8) is 0 Å². The summed E-state index contributed by atoms with van der Waals surface area (Å²) in [7, 11) is -3.77. The first-order valence-electron chi connectivity index (χ1n) is 9.07. The third-order valence-electron chi connectivity index (χ3n) is 3.97. The van der Waals surface area contributed by atoms with Crippen molar-refractivity contribution < 1.29 is 18.0 Å². The third kappa shape index (κ3) is 6.03. The quantitative estimate of drug-likeness (QED) is 0.610. The lowest BCUT2D eigenvalue weighted by Gasteiger charge is -2.14. The Hall–Kier alpha value is -2.42. The fraction of sp³-hybridized carbons (Fsp3) is 0.300. The molecule has 0 saturated heterocycles. The standard InChI is InChI=1S/C20H24ClN3O4S/c1-5-19(25)22-14-7-6-13(4)18(10-14)23-20(26)16-11-15(8-9-17(16)21)29(27,28)24-12(2)3/h6-12,24H,5H2,1-4H3,(H,22,25)(H,23,26). The molecule has 0 heterocycles. The van der Waals surface area contributed by atoms with Gasteiger partial charge in [0.05, 0.1) is 15.5 Å². The number of benzene rings is 2. The van der Waals surface area contributed by atoms with E-state index in [9.17, 15) is 18.0 Å². The maximum absolute atomic E-state index is 12.8. The van der Waals surface area contributed by atoms with Crippen LogP contribution in [0.4, 0.5) is 11.4 Å². The maximum atomic E-state index is 12.8. The molecule has 7 nitrogen and oxygen atoms in total. The van der Waals surface area contributed by atoms with E-state index in [-0.39, 0.29) is 27.4 Å². The number of hydrogen-bond donors (Lipinski definition) is 3. The normalized spacial score (nSPS) is 11.4. The molecule has 0 atom stereocenters. The first-order valence-corrected chi connectivity index (χ1v) is 10.9. The Bertz CT molecular complexity index is 1040. The summed E-state index contributed by atoms with van der Waals surface area (Å²) in [6.07, 6.45) is 0.330. The number of halogens is 1. The van der Waals surface area contributed by atoms with E-state index in [4.69, 9.17) is 11.6 Å². The topological polar surface area (TPSA) is 104 Å². The molecule has 9 heteroatoms. The highest BCUT2D eigenvalue weighted by atomic mass is 35.5. The van der Waals surface area contributed by atoms with Crippen molar-refractivity contribution in [3.05, 3.63) is 52.5 Å². The van der Waals surface area contributed by atoms with Crippen LogP contribution in [-0.4, -0.2) is 26.3 Å². The summed E-state index contributed by atoms with van der Waals surface area (Å²) in [5.41, 5.74) is 1.82. The Labute approximate surface area is 175 Å². The van der Waals surface area contributed by atoms with Crippen LogP contribution in [-0.2, 0) is 14.8 Å². The number of carbonyl (C=O) groups is 2. The number of amides is 2. The second-order valence-corrected chi connectivity index (χ2v) is 8.92. The van der Waals surface area contributed by atoms with Crippen LogP contribution in [0.25, 0.3) is 0 Å². The van der Waals surface area contributed by atoms with Gasteiger partial charge in [0.2, 0.25) is 15.9 Å². The number of hydrogen-bond acceptors (Lipinski definition) is 4. The fourth-order valence-corrected chi connectivity index (χ4v) is 3.98. The van der Waals surface area contributed by atoms with Gasteiger partial charge in [-0.3, -0.25) is 9.59 Å². The molecule has 0 aliphatic rings. The number of aryl methyl sites for hydroxylation is 1. The zero-order valence-electron chi connectivity index (χ0n) is 16.7. The van der Waals surface area contributed by atoms with Gasteiger partial charge in [0.25, 0.3) is 5.91 Å². The zero-order chi connectivity index (χ0) is 21.8. The Kier molecular flexibility index (Phi) is 7.40. The van der Waals surface area contributed by atoms with Crippen molar-refractivity contribution in [2.75, 3.05) is 10.6 Å². The number of rotatable bonds is 7. The molecule has 3 N–H and O–H groups in total. The summed E-state index contributed by atoms with van der Waals surface area (Å²) in [5, 5.41) is 5.58. The molecule has 156 valence electrons. The molecule has 29 heavy (non-hydrogen) atoms. The first kappa shape index (κ1) is 22.9. The van der Waals surface area contributed by atoms with Gasteiger partial charge in [-0.2, -0.15) is 0 Å². The lowest BCUT2D eigenvalue weighted by atomic mass is 10.1. The molecule has 0 fully saturated rings. The smallest absolute Gasteiger partial charge is 0.257 e. The Morgan fingerprint density at radius 1 is 1.07 bits per heavy atom. The van der Waals surface area contributed by atoms with E-state index < -0.39 is 15.9 Å². The number of carbonyl (C=O) groups excluding carboxylic acids is 2. The molecule has 0 aliphatic carbocycles. The van der Waals surface area contributed by atoms with Crippen molar-refractivity contribution in [2.24, 2.45) is 0 Å². The van der Waals surface area contributed by atoms with Crippen LogP contribution in [0.2, 0.25) is 5.02 Å². The van der Waals surface area contributed by atoms with Crippen LogP contribution in [0.1, 0.15) is 43.1 Å². The molecule has 0 spiro atoms. The maximum Gasteiger partial charge on any atom is 0.257 e. The van der Waals surface area contributed by atoms with Gasteiger partial charge in [-0.1, -0.05) is 24.6 Å². The van der Waals surface area contributed by atoms with Gasteiger partial charge in [-0.05, 0) is 56.7 Å². The van der Waals surface area contributed by atoms with E-state index in [1.165, 1.54) is 18.2 Å². The highest BCUT2D eigenvalue weighted by Gasteiger charge is 2.20. The molecule has 0 saturated carbocycles. The van der Waals surface area contributed by atoms with Crippen molar-refractivity contribution in [1.82, 2.24) is 4.72 Å². The molecule has 0 aliphatic heterocycles. The minimum absolute atomic E-state index is 0.0284. The second-order valence-electron chi connectivity index (χ2n) is 6.80. The van der Waals surface area contributed by atoms with Crippen LogP contribution in [0.3, 0.4) is 0 Å². The molecular formula is C20H24ClN3O4S. The molecule has 0 bridgehead atoms. The molecule has 2 amide bonds. The summed E-state index contributed by atoms with van der Waals surface area (Å²) in [6.45, 7) is 6.95. The molecule has 0 radical (unpaired) electrons. The first-order chi connectivity index (χ1) is 13.5. The number of sulfonamides is 1. The molecule has 2 aromatic rings. The largest absolute Gasteiger partial charge is 0.326 e. The fourth-order valence-electron chi connectivity index (χ4n) is 2.50. The van der Waals surface area contributed by atoms with Crippen molar-refractivity contribution in [2.45, 2.75) is 45.1 Å². The molecule has 0 aromatic heterocycles. The SMILES string of the molecule is CCC(=O)Nc1ccc(C)c(NC(=O)c2cc(S(=O)(=O)NC(C)C)ccc2Cl)c1. The summed E-state index contributed by atoms with van der Waals surface area (Å²) in [5.74, 6) is -0.705.